The van der Waals surface area contributed by atoms with Crippen LogP contribution in [0, 0.1) is 12.7 Å². The standard InChI is InChI=1S/C27H34FN3O5/c1-17-11-19(12-18-5-6-20(22(28)14-18)26(33)29-8-4-9-35-3)13-21-25(17)30(2)16-31(27(21)34)23-7-10-36-15-24(23)32/h5-6,11,13-14,23-24,32H,4,7-10,12,15-16H2,1-3H3,(H,29,33)/t23-,24-/m0/s1. The van der Waals surface area contributed by atoms with E-state index in [1.54, 1.807) is 18.1 Å². The molecule has 0 radical (unpaired) electrons. The lowest BCUT2D eigenvalue weighted by Crippen LogP contribution is -2.56. The summed E-state index contributed by atoms with van der Waals surface area (Å²) in [5.41, 5.74) is 3.98. The quantitative estimate of drug-likeness (QED) is 0.543. The summed E-state index contributed by atoms with van der Waals surface area (Å²) in [6, 6.07) is 8.17. The second-order valence-corrected chi connectivity index (χ2v) is 9.51. The van der Waals surface area contributed by atoms with Gasteiger partial charge < -0.3 is 29.7 Å². The van der Waals surface area contributed by atoms with Gasteiger partial charge in [0, 0.05) is 33.9 Å². The number of aliphatic hydroxyl groups is 1. The van der Waals surface area contributed by atoms with Gasteiger partial charge in [-0.15, -0.1) is 0 Å². The van der Waals surface area contributed by atoms with Crippen molar-refractivity contribution in [2.45, 2.75) is 38.3 Å². The van der Waals surface area contributed by atoms with Gasteiger partial charge in [0.15, 0.2) is 0 Å². The number of nitrogens with zero attached hydrogens (tertiary/aromatic N) is 2. The smallest absolute Gasteiger partial charge is 0.257 e. The molecule has 194 valence electrons. The molecule has 2 aliphatic rings. The fourth-order valence-electron chi connectivity index (χ4n) is 5.08. The van der Waals surface area contributed by atoms with Crippen molar-refractivity contribution in [3.63, 3.8) is 0 Å². The van der Waals surface area contributed by atoms with Gasteiger partial charge in [0.05, 0.1) is 42.2 Å². The maximum atomic E-state index is 14.8. The number of carbonyl (C=O) groups excluding carboxylic acids is 2. The third-order valence-corrected chi connectivity index (χ3v) is 6.79. The molecule has 0 bridgehead atoms. The Morgan fingerprint density at radius 1 is 1.28 bits per heavy atom. The molecule has 8 nitrogen and oxygen atoms in total. The number of hydrogen-bond acceptors (Lipinski definition) is 6. The van der Waals surface area contributed by atoms with Crippen LogP contribution in [0.3, 0.4) is 0 Å². The Bertz CT molecular complexity index is 1120. The molecular formula is C27H34FN3O5. The summed E-state index contributed by atoms with van der Waals surface area (Å²) in [6.45, 7) is 4.02. The zero-order valence-electron chi connectivity index (χ0n) is 21.1. The van der Waals surface area contributed by atoms with Crippen LogP contribution in [0.5, 0.6) is 0 Å². The summed E-state index contributed by atoms with van der Waals surface area (Å²) in [7, 11) is 3.52. The SMILES string of the molecule is COCCCNC(=O)c1ccc(Cc2cc(C)c3c(c2)C(=O)N([C@H]2CCOC[C@@H]2O)CN3C)cc1F. The van der Waals surface area contributed by atoms with Crippen molar-refractivity contribution in [1.82, 2.24) is 10.2 Å². The van der Waals surface area contributed by atoms with Crippen LogP contribution < -0.4 is 10.2 Å². The minimum atomic E-state index is -0.722. The van der Waals surface area contributed by atoms with E-state index >= 15 is 0 Å². The predicted molar refractivity (Wildman–Crippen MR) is 134 cm³/mol. The van der Waals surface area contributed by atoms with E-state index in [1.807, 2.05) is 31.0 Å². The fraction of sp³-hybridized carbons (Fsp3) is 0.481. The van der Waals surface area contributed by atoms with Gasteiger partial charge in [-0.1, -0.05) is 12.1 Å². The number of halogens is 1. The number of carbonyl (C=O) groups is 2. The maximum Gasteiger partial charge on any atom is 0.257 e. The van der Waals surface area contributed by atoms with Gasteiger partial charge in [0.2, 0.25) is 0 Å². The van der Waals surface area contributed by atoms with Crippen LogP contribution in [0.4, 0.5) is 10.1 Å². The fourth-order valence-corrected chi connectivity index (χ4v) is 5.08. The van der Waals surface area contributed by atoms with Crippen molar-refractivity contribution < 1.29 is 28.6 Å². The van der Waals surface area contributed by atoms with Crippen molar-refractivity contribution in [2.24, 2.45) is 0 Å². The molecule has 2 aliphatic heterocycles. The molecule has 0 saturated carbocycles. The van der Waals surface area contributed by atoms with Gasteiger partial charge in [0.25, 0.3) is 11.8 Å². The summed E-state index contributed by atoms with van der Waals surface area (Å²) in [5, 5.41) is 13.1. The van der Waals surface area contributed by atoms with Gasteiger partial charge in [-0.25, -0.2) is 4.39 Å². The normalized spacial score (nSPS) is 19.9. The average Bonchev–Trinajstić information content (AvgIpc) is 2.84. The van der Waals surface area contributed by atoms with E-state index in [0.717, 1.165) is 16.8 Å². The maximum absolute atomic E-state index is 14.8. The number of amides is 2. The number of methoxy groups -OCH3 is 1. The van der Waals surface area contributed by atoms with Crippen LogP contribution in [0.1, 0.15) is 50.2 Å². The van der Waals surface area contributed by atoms with E-state index in [0.29, 0.717) is 56.8 Å². The molecule has 2 aromatic rings. The van der Waals surface area contributed by atoms with Crippen molar-refractivity contribution in [3.8, 4) is 0 Å². The topological polar surface area (TPSA) is 91.3 Å². The van der Waals surface area contributed by atoms with Crippen molar-refractivity contribution in [1.29, 1.82) is 0 Å². The highest BCUT2D eigenvalue weighted by atomic mass is 19.1. The van der Waals surface area contributed by atoms with E-state index in [9.17, 15) is 19.1 Å². The monoisotopic (exact) mass is 499 g/mol. The first-order chi connectivity index (χ1) is 17.3. The lowest BCUT2D eigenvalue weighted by atomic mass is 9.94. The number of nitrogens with one attached hydrogen (secondary N) is 1. The van der Waals surface area contributed by atoms with E-state index in [2.05, 4.69) is 5.32 Å². The van der Waals surface area contributed by atoms with Gasteiger partial charge >= 0.3 is 0 Å². The van der Waals surface area contributed by atoms with E-state index in [1.165, 1.54) is 12.1 Å². The summed E-state index contributed by atoms with van der Waals surface area (Å²) in [4.78, 5) is 29.5. The second-order valence-electron chi connectivity index (χ2n) is 9.51. The minimum Gasteiger partial charge on any atom is -0.389 e. The van der Waals surface area contributed by atoms with Crippen LogP contribution in [0.25, 0.3) is 0 Å². The van der Waals surface area contributed by atoms with Gasteiger partial charge in [-0.05, 0) is 61.1 Å². The Kier molecular flexibility index (Phi) is 8.23. The number of rotatable bonds is 8. The van der Waals surface area contributed by atoms with Crippen LogP contribution in [-0.2, 0) is 15.9 Å². The highest BCUT2D eigenvalue weighted by Gasteiger charge is 2.38. The first-order valence-electron chi connectivity index (χ1n) is 12.3. The Balaban J connectivity index is 1.53. The number of ether oxygens (including phenoxy) is 2. The molecule has 1 fully saturated rings. The van der Waals surface area contributed by atoms with Gasteiger partial charge in [0.1, 0.15) is 5.82 Å². The molecular weight excluding hydrogens is 465 g/mol. The van der Waals surface area contributed by atoms with E-state index < -0.39 is 17.8 Å². The van der Waals surface area contributed by atoms with Gasteiger partial charge in [-0.2, -0.15) is 0 Å². The van der Waals surface area contributed by atoms with Crippen LogP contribution in [-0.4, -0.2) is 81.2 Å². The molecule has 2 heterocycles. The highest BCUT2D eigenvalue weighted by molar-refractivity contribution is 6.02. The predicted octanol–water partition coefficient (Wildman–Crippen LogP) is 2.49. The Morgan fingerprint density at radius 3 is 2.81 bits per heavy atom. The zero-order valence-corrected chi connectivity index (χ0v) is 21.1. The first kappa shape index (κ1) is 26.1. The van der Waals surface area contributed by atoms with Crippen molar-refractivity contribution in [3.05, 3.63) is 64.0 Å². The molecule has 2 N–H and O–H groups in total. The molecule has 0 unspecified atom stereocenters. The van der Waals surface area contributed by atoms with Crippen LogP contribution >= 0.6 is 0 Å². The summed E-state index contributed by atoms with van der Waals surface area (Å²) in [6.07, 6.45) is 0.928. The van der Waals surface area contributed by atoms with Crippen molar-refractivity contribution in [2.75, 3.05) is 52.1 Å². The van der Waals surface area contributed by atoms with Gasteiger partial charge in [-0.3, -0.25) is 9.59 Å². The molecule has 4 rings (SSSR count). The summed E-state index contributed by atoms with van der Waals surface area (Å²) in [5.74, 6) is -1.16. The average molecular weight is 500 g/mol. The molecule has 36 heavy (non-hydrogen) atoms. The number of aryl methyl sites for hydroxylation is 1. The van der Waals surface area contributed by atoms with Crippen LogP contribution in [0.2, 0.25) is 0 Å². The van der Waals surface area contributed by atoms with Crippen molar-refractivity contribution >= 4 is 17.5 Å². The van der Waals surface area contributed by atoms with E-state index in [-0.39, 0.29) is 24.1 Å². The Morgan fingerprint density at radius 2 is 2.08 bits per heavy atom. The van der Waals surface area contributed by atoms with E-state index in [4.69, 9.17) is 9.47 Å². The number of benzene rings is 2. The Labute approximate surface area is 211 Å². The molecule has 9 heteroatoms. The number of aliphatic hydroxyl groups excluding tert-OH is 1. The molecule has 0 aromatic heterocycles. The Hall–Kier alpha value is -3.01. The second kappa shape index (κ2) is 11.4. The largest absolute Gasteiger partial charge is 0.389 e. The highest BCUT2D eigenvalue weighted by Crippen LogP contribution is 2.34. The first-order valence-corrected chi connectivity index (χ1v) is 12.3. The minimum absolute atomic E-state index is 0.000233. The molecule has 2 amide bonds. The molecule has 2 aromatic carbocycles. The number of hydrogen-bond donors (Lipinski definition) is 2. The summed E-state index contributed by atoms with van der Waals surface area (Å²) >= 11 is 0. The van der Waals surface area contributed by atoms with Crippen LogP contribution in [0.15, 0.2) is 30.3 Å². The summed E-state index contributed by atoms with van der Waals surface area (Å²) < 4.78 is 25.0. The third kappa shape index (κ3) is 5.53. The zero-order chi connectivity index (χ0) is 25.8. The molecule has 2 atom stereocenters. The third-order valence-electron chi connectivity index (χ3n) is 6.79. The number of anilines is 1. The lowest BCUT2D eigenvalue weighted by Gasteiger charge is -2.44. The lowest BCUT2D eigenvalue weighted by molar-refractivity contribution is -0.0575. The molecule has 1 saturated heterocycles. The number of fused-ring (bicyclic) bond motifs is 1. The molecule has 0 spiro atoms. The molecule has 0 aliphatic carbocycles.